The van der Waals surface area contributed by atoms with Crippen LogP contribution >= 0.6 is 0 Å². The number of piperidine rings is 1. The molecule has 0 amide bonds. The van der Waals surface area contributed by atoms with Gasteiger partial charge in [0.2, 0.25) is 0 Å². The molecule has 1 aliphatic carbocycles. The first-order valence-corrected chi connectivity index (χ1v) is 5.14. The summed E-state index contributed by atoms with van der Waals surface area (Å²) in [6, 6.07) is -0.133. The van der Waals surface area contributed by atoms with Gasteiger partial charge in [-0.15, -0.1) is 0 Å². The number of allylic oxidation sites excluding steroid dienone is 1. The van der Waals surface area contributed by atoms with Gasteiger partial charge in [0.15, 0.2) is 5.78 Å². The van der Waals surface area contributed by atoms with Crippen LogP contribution in [0.25, 0.3) is 0 Å². The van der Waals surface area contributed by atoms with Gasteiger partial charge in [0.05, 0.1) is 6.04 Å². The maximum atomic E-state index is 11.6. The highest BCUT2D eigenvalue weighted by Gasteiger charge is 2.25. The van der Waals surface area contributed by atoms with Crippen molar-refractivity contribution in [1.29, 1.82) is 0 Å². The van der Waals surface area contributed by atoms with E-state index in [1.54, 1.807) is 12.2 Å². The number of ketones is 1. The molecule has 0 saturated carbocycles. The Kier molecular flexibility index (Phi) is 2.68. The molecular formula is C11H15NO2. The number of carbonyl (C=O) groups excluding carboxylic acids is 1. The number of rotatable bonds is 1. The van der Waals surface area contributed by atoms with Gasteiger partial charge in [0, 0.05) is 6.08 Å². The molecule has 0 aromatic rings. The van der Waals surface area contributed by atoms with Gasteiger partial charge in [-0.2, -0.15) is 0 Å². The molecule has 3 heteroatoms. The molecule has 2 rings (SSSR count). The minimum atomic E-state index is -0.133. The Morgan fingerprint density at radius 3 is 2.64 bits per heavy atom. The highest BCUT2D eigenvalue weighted by Crippen LogP contribution is 2.17. The van der Waals surface area contributed by atoms with E-state index in [4.69, 9.17) is 5.11 Å². The maximum Gasteiger partial charge on any atom is 0.180 e. The second-order valence-corrected chi connectivity index (χ2v) is 3.87. The molecule has 76 valence electrons. The van der Waals surface area contributed by atoms with Crippen molar-refractivity contribution in [2.24, 2.45) is 0 Å². The van der Waals surface area contributed by atoms with Crippen molar-refractivity contribution in [1.82, 2.24) is 4.90 Å². The molecular weight excluding hydrogens is 178 g/mol. The van der Waals surface area contributed by atoms with E-state index in [-0.39, 0.29) is 17.6 Å². The van der Waals surface area contributed by atoms with E-state index in [9.17, 15) is 4.79 Å². The van der Waals surface area contributed by atoms with Gasteiger partial charge in [0.25, 0.3) is 0 Å². The van der Waals surface area contributed by atoms with Crippen molar-refractivity contribution >= 4 is 5.78 Å². The lowest BCUT2D eigenvalue weighted by Crippen LogP contribution is -2.43. The van der Waals surface area contributed by atoms with E-state index in [2.05, 4.69) is 4.90 Å². The lowest BCUT2D eigenvalue weighted by molar-refractivity contribution is -0.118. The van der Waals surface area contributed by atoms with Crippen LogP contribution in [0.15, 0.2) is 24.0 Å². The summed E-state index contributed by atoms with van der Waals surface area (Å²) < 4.78 is 0. The van der Waals surface area contributed by atoms with E-state index >= 15 is 0 Å². The van der Waals surface area contributed by atoms with Gasteiger partial charge in [-0.05, 0) is 32.0 Å². The highest BCUT2D eigenvalue weighted by molar-refractivity contribution is 5.97. The average molecular weight is 193 g/mol. The largest absolute Gasteiger partial charge is 0.508 e. The highest BCUT2D eigenvalue weighted by atomic mass is 16.3. The third kappa shape index (κ3) is 1.87. The molecule has 1 atom stereocenters. The number of nitrogens with zero attached hydrogens (tertiary/aromatic N) is 1. The molecule has 1 saturated heterocycles. The number of carbonyl (C=O) groups is 1. The van der Waals surface area contributed by atoms with E-state index in [0.717, 1.165) is 13.1 Å². The first kappa shape index (κ1) is 9.46. The van der Waals surface area contributed by atoms with Crippen LogP contribution in [0.1, 0.15) is 19.3 Å². The molecule has 3 nitrogen and oxygen atoms in total. The van der Waals surface area contributed by atoms with E-state index in [0.29, 0.717) is 0 Å². The molecule has 1 aliphatic heterocycles. The van der Waals surface area contributed by atoms with Crippen molar-refractivity contribution in [3.05, 3.63) is 24.0 Å². The van der Waals surface area contributed by atoms with Gasteiger partial charge in [-0.1, -0.05) is 12.5 Å². The molecule has 1 unspecified atom stereocenters. The van der Waals surface area contributed by atoms with Crippen LogP contribution in [0, 0.1) is 0 Å². The van der Waals surface area contributed by atoms with Gasteiger partial charge in [0.1, 0.15) is 5.76 Å². The number of likely N-dealkylation sites (tertiary alicyclic amines) is 1. The average Bonchev–Trinajstić information content (AvgIpc) is 2.19. The minimum absolute atomic E-state index is 0.00639. The predicted octanol–water partition coefficient (Wildman–Crippen LogP) is 1.42. The van der Waals surface area contributed by atoms with Gasteiger partial charge >= 0.3 is 0 Å². The van der Waals surface area contributed by atoms with Crippen molar-refractivity contribution in [2.75, 3.05) is 13.1 Å². The summed E-state index contributed by atoms with van der Waals surface area (Å²) in [6.07, 6.45) is 8.34. The molecule has 0 bridgehead atoms. The Bertz CT molecular complexity index is 288. The predicted molar refractivity (Wildman–Crippen MR) is 54.1 cm³/mol. The summed E-state index contributed by atoms with van der Waals surface area (Å²) in [5, 5.41) is 9.13. The second kappa shape index (κ2) is 3.96. The zero-order valence-corrected chi connectivity index (χ0v) is 8.15. The Morgan fingerprint density at radius 1 is 1.29 bits per heavy atom. The lowest BCUT2D eigenvalue weighted by atomic mass is 10.0. The lowest BCUT2D eigenvalue weighted by Gasteiger charge is -2.32. The summed E-state index contributed by atoms with van der Waals surface area (Å²) in [5.41, 5.74) is 0. The minimum Gasteiger partial charge on any atom is -0.508 e. The molecule has 1 heterocycles. The van der Waals surface area contributed by atoms with E-state index < -0.39 is 0 Å². The Balaban J connectivity index is 2.05. The van der Waals surface area contributed by atoms with Gasteiger partial charge in [-0.25, -0.2) is 0 Å². The van der Waals surface area contributed by atoms with Crippen molar-refractivity contribution < 1.29 is 9.90 Å². The van der Waals surface area contributed by atoms with Crippen LogP contribution in [-0.2, 0) is 4.79 Å². The van der Waals surface area contributed by atoms with Crippen molar-refractivity contribution in [3.63, 3.8) is 0 Å². The second-order valence-electron chi connectivity index (χ2n) is 3.87. The van der Waals surface area contributed by atoms with Crippen molar-refractivity contribution in [3.8, 4) is 0 Å². The van der Waals surface area contributed by atoms with Crippen LogP contribution < -0.4 is 0 Å². The van der Waals surface area contributed by atoms with Crippen molar-refractivity contribution in [2.45, 2.75) is 25.3 Å². The SMILES string of the molecule is O=C1C=C(O)C=CC1N1CCCCC1. The molecule has 0 spiro atoms. The molecule has 14 heavy (non-hydrogen) atoms. The third-order valence-corrected chi connectivity index (χ3v) is 2.81. The number of hydrogen-bond acceptors (Lipinski definition) is 3. The number of aliphatic hydroxyl groups excluding tert-OH is 1. The fraction of sp³-hybridized carbons (Fsp3) is 0.545. The number of hydrogen-bond donors (Lipinski definition) is 1. The quantitative estimate of drug-likeness (QED) is 0.684. The molecule has 0 aromatic carbocycles. The zero-order valence-electron chi connectivity index (χ0n) is 8.15. The summed E-state index contributed by atoms with van der Waals surface area (Å²) >= 11 is 0. The third-order valence-electron chi connectivity index (χ3n) is 2.81. The normalized spacial score (nSPS) is 29.0. The topological polar surface area (TPSA) is 40.5 Å². The van der Waals surface area contributed by atoms with E-state index in [1.165, 1.54) is 25.3 Å². The van der Waals surface area contributed by atoms with Crippen LogP contribution in [0.5, 0.6) is 0 Å². The molecule has 0 aromatic heterocycles. The summed E-state index contributed by atoms with van der Waals surface area (Å²) in [6.45, 7) is 1.99. The number of aliphatic hydroxyl groups is 1. The molecule has 1 N–H and O–H groups in total. The smallest absolute Gasteiger partial charge is 0.180 e. The summed E-state index contributed by atoms with van der Waals surface area (Å²) in [4.78, 5) is 13.8. The Labute approximate surface area is 83.7 Å². The van der Waals surface area contributed by atoms with Crippen LogP contribution in [-0.4, -0.2) is 34.9 Å². The van der Waals surface area contributed by atoms with Crippen LogP contribution in [0.3, 0.4) is 0 Å². The van der Waals surface area contributed by atoms with E-state index in [1.807, 2.05) is 0 Å². The van der Waals surface area contributed by atoms with Crippen LogP contribution in [0.4, 0.5) is 0 Å². The summed E-state index contributed by atoms with van der Waals surface area (Å²) in [5.74, 6) is 0.0789. The zero-order chi connectivity index (χ0) is 9.97. The van der Waals surface area contributed by atoms with Gasteiger partial charge in [-0.3, -0.25) is 9.69 Å². The monoisotopic (exact) mass is 193 g/mol. The Hall–Kier alpha value is -1.09. The molecule has 0 radical (unpaired) electrons. The molecule has 2 aliphatic rings. The first-order valence-electron chi connectivity index (χ1n) is 5.14. The maximum absolute atomic E-state index is 11.6. The summed E-state index contributed by atoms with van der Waals surface area (Å²) in [7, 11) is 0. The van der Waals surface area contributed by atoms with Crippen LogP contribution in [0.2, 0.25) is 0 Å². The standard InChI is InChI=1S/C11H15NO2/c13-9-4-5-10(11(14)8-9)12-6-2-1-3-7-12/h4-5,8,10,13H,1-3,6-7H2. The fourth-order valence-corrected chi connectivity index (χ4v) is 2.06. The Morgan fingerprint density at radius 2 is 2.00 bits per heavy atom. The first-order chi connectivity index (χ1) is 6.77. The fourth-order valence-electron chi connectivity index (χ4n) is 2.06. The molecule has 1 fully saturated rings. The van der Waals surface area contributed by atoms with Gasteiger partial charge < -0.3 is 5.11 Å².